The number of amidine groups is 1. The Labute approximate surface area is 86.5 Å². The first-order valence-corrected chi connectivity index (χ1v) is 4.33. The Bertz CT molecular complexity index is 316. The second-order valence-electron chi connectivity index (χ2n) is 2.37. The third-order valence-corrected chi connectivity index (χ3v) is 1.93. The van der Waals surface area contributed by atoms with Crippen LogP contribution in [0.3, 0.4) is 0 Å². The van der Waals surface area contributed by atoms with Gasteiger partial charge in [-0.25, -0.2) is 5.84 Å². The van der Waals surface area contributed by atoms with Crippen molar-refractivity contribution in [3.8, 4) is 0 Å². The van der Waals surface area contributed by atoms with E-state index in [4.69, 9.17) is 29.0 Å². The molecule has 0 fully saturated rings. The summed E-state index contributed by atoms with van der Waals surface area (Å²) in [4.78, 5) is 3.92. The maximum absolute atomic E-state index is 5.80. The second-order valence-corrected chi connectivity index (χ2v) is 3.25. The van der Waals surface area contributed by atoms with E-state index in [9.17, 15) is 0 Å². The van der Waals surface area contributed by atoms with Crippen LogP contribution in [0.5, 0.6) is 0 Å². The van der Waals surface area contributed by atoms with E-state index in [1.54, 1.807) is 25.2 Å². The highest BCUT2D eigenvalue weighted by molar-refractivity contribution is 6.35. The Balaban J connectivity index is 3.14. The molecule has 5 heteroatoms. The number of hydrazine groups is 1. The van der Waals surface area contributed by atoms with Crippen molar-refractivity contribution in [2.75, 3.05) is 7.05 Å². The van der Waals surface area contributed by atoms with Gasteiger partial charge in [0, 0.05) is 22.7 Å². The van der Waals surface area contributed by atoms with Gasteiger partial charge >= 0.3 is 0 Å². The molecule has 70 valence electrons. The lowest BCUT2D eigenvalue weighted by molar-refractivity contribution is 1.02. The SMILES string of the molecule is CN=C(NN)c1cc(Cl)cc(Cl)c1. The van der Waals surface area contributed by atoms with Crippen LogP contribution >= 0.6 is 23.2 Å². The van der Waals surface area contributed by atoms with Crippen molar-refractivity contribution < 1.29 is 0 Å². The van der Waals surface area contributed by atoms with Gasteiger partial charge in [0.15, 0.2) is 0 Å². The van der Waals surface area contributed by atoms with E-state index in [1.807, 2.05) is 0 Å². The van der Waals surface area contributed by atoms with Crippen molar-refractivity contribution in [2.24, 2.45) is 10.8 Å². The van der Waals surface area contributed by atoms with Crippen LogP contribution in [0.2, 0.25) is 10.0 Å². The van der Waals surface area contributed by atoms with Crippen LogP contribution in [0.1, 0.15) is 5.56 Å². The molecule has 1 aromatic carbocycles. The molecule has 3 nitrogen and oxygen atoms in total. The van der Waals surface area contributed by atoms with Gasteiger partial charge < -0.3 is 5.43 Å². The molecule has 0 aliphatic carbocycles. The number of hydrogen-bond donors (Lipinski definition) is 2. The van der Waals surface area contributed by atoms with Crippen molar-refractivity contribution in [3.63, 3.8) is 0 Å². The van der Waals surface area contributed by atoms with Crippen LogP contribution in [-0.4, -0.2) is 12.9 Å². The maximum atomic E-state index is 5.80. The van der Waals surface area contributed by atoms with Gasteiger partial charge in [0.25, 0.3) is 0 Å². The van der Waals surface area contributed by atoms with Crippen LogP contribution in [0.25, 0.3) is 0 Å². The zero-order chi connectivity index (χ0) is 9.84. The number of nitrogens with two attached hydrogens (primary N) is 1. The van der Waals surface area contributed by atoms with Gasteiger partial charge in [0.1, 0.15) is 5.84 Å². The Morgan fingerprint density at radius 2 is 1.85 bits per heavy atom. The van der Waals surface area contributed by atoms with Gasteiger partial charge in [0.2, 0.25) is 0 Å². The van der Waals surface area contributed by atoms with E-state index >= 15 is 0 Å². The number of benzene rings is 1. The van der Waals surface area contributed by atoms with E-state index in [0.29, 0.717) is 15.9 Å². The minimum Gasteiger partial charge on any atom is -0.308 e. The summed E-state index contributed by atoms with van der Waals surface area (Å²) in [6.45, 7) is 0. The average molecular weight is 218 g/mol. The quantitative estimate of drug-likeness (QED) is 0.327. The zero-order valence-electron chi connectivity index (χ0n) is 7.01. The van der Waals surface area contributed by atoms with Crippen molar-refractivity contribution >= 4 is 29.0 Å². The van der Waals surface area contributed by atoms with Crippen LogP contribution in [0.15, 0.2) is 23.2 Å². The molecular weight excluding hydrogens is 209 g/mol. The maximum Gasteiger partial charge on any atom is 0.142 e. The van der Waals surface area contributed by atoms with Crippen molar-refractivity contribution in [2.45, 2.75) is 0 Å². The fourth-order valence-electron chi connectivity index (χ4n) is 0.968. The Morgan fingerprint density at radius 3 is 2.23 bits per heavy atom. The fraction of sp³-hybridized carbons (Fsp3) is 0.125. The molecule has 0 amide bonds. The normalized spacial score (nSPS) is 11.5. The average Bonchev–Trinajstić information content (AvgIpc) is 2.04. The lowest BCUT2D eigenvalue weighted by Gasteiger charge is -2.05. The summed E-state index contributed by atoms with van der Waals surface area (Å²) >= 11 is 11.6. The minimum atomic E-state index is 0.546. The van der Waals surface area contributed by atoms with Gasteiger partial charge in [-0.1, -0.05) is 23.2 Å². The summed E-state index contributed by atoms with van der Waals surface area (Å²) in [5, 5.41) is 1.11. The molecule has 3 N–H and O–H groups in total. The summed E-state index contributed by atoms with van der Waals surface area (Å²) in [7, 11) is 1.63. The van der Waals surface area contributed by atoms with Crippen LogP contribution in [0, 0.1) is 0 Å². The number of nitrogens with zero attached hydrogens (tertiary/aromatic N) is 1. The molecule has 0 aromatic heterocycles. The smallest absolute Gasteiger partial charge is 0.142 e. The molecule has 0 radical (unpaired) electrons. The van der Waals surface area contributed by atoms with E-state index in [2.05, 4.69) is 10.4 Å². The Hall–Kier alpha value is -0.770. The van der Waals surface area contributed by atoms with Gasteiger partial charge in [-0.15, -0.1) is 0 Å². The molecule has 13 heavy (non-hydrogen) atoms. The minimum absolute atomic E-state index is 0.546. The molecule has 0 atom stereocenters. The lowest BCUT2D eigenvalue weighted by atomic mass is 10.2. The molecule has 0 aliphatic rings. The van der Waals surface area contributed by atoms with E-state index < -0.39 is 0 Å². The lowest BCUT2D eigenvalue weighted by Crippen LogP contribution is -2.30. The topological polar surface area (TPSA) is 50.4 Å². The summed E-state index contributed by atoms with van der Waals surface area (Å²) in [6.07, 6.45) is 0. The highest BCUT2D eigenvalue weighted by Crippen LogP contribution is 2.18. The van der Waals surface area contributed by atoms with Gasteiger partial charge in [-0.3, -0.25) is 4.99 Å². The monoisotopic (exact) mass is 217 g/mol. The predicted molar refractivity (Wildman–Crippen MR) is 56.2 cm³/mol. The first-order valence-electron chi connectivity index (χ1n) is 3.57. The Kier molecular flexibility index (Phi) is 3.54. The van der Waals surface area contributed by atoms with Crippen molar-refractivity contribution in [1.29, 1.82) is 0 Å². The van der Waals surface area contributed by atoms with Crippen LogP contribution in [0.4, 0.5) is 0 Å². The van der Waals surface area contributed by atoms with E-state index in [1.165, 1.54) is 0 Å². The fourth-order valence-corrected chi connectivity index (χ4v) is 1.49. The Morgan fingerprint density at radius 1 is 1.31 bits per heavy atom. The molecule has 0 spiro atoms. The van der Waals surface area contributed by atoms with E-state index in [-0.39, 0.29) is 0 Å². The standard InChI is InChI=1S/C8H9Cl2N3/c1-12-8(13-11)5-2-6(9)4-7(10)3-5/h2-4H,11H2,1H3,(H,12,13). The molecule has 0 saturated carbocycles. The number of nitrogens with one attached hydrogen (secondary N) is 1. The van der Waals surface area contributed by atoms with Crippen molar-refractivity contribution in [1.82, 2.24) is 5.43 Å². The molecule has 1 rings (SSSR count). The van der Waals surface area contributed by atoms with Crippen LogP contribution in [-0.2, 0) is 0 Å². The molecule has 1 aromatic rings. The van der Waals surface area contributed by atoms with E-state index in [0.717, 1.165) is 5.56 Å². The molecule has 0 heterocycles. The molecule has 0 bridgehead atoms. The van der Waals surface area contributed by atoms with Gasteiger partial charge in [0.05, 0.1) is 0 Å². The summed E-state index contributed by atoms with van der Waals surface area (Å²) in [6, 6.07) is 5.11. The van der Waals surface area contributed by atoms with Crippen molar-refractivity contribution in [3.05, 3.63) is 33.8 Å². The van der Waals surface area contributed by atoms with Crippen LogP contribution < -0.4 is 11.3 Å². The largest absolute Gasteiger partial charge is 0.308 e. The molecule has 0 saturated heterocycles. The third kappa shape index (κ3) is 2.59. The first-order chi connectivity index (χ1) is 6.17. The molecular formula is C8H9Cl2N3. The number of aliphatic imine (C=N–C) groups is 1. The van der Waals surface area contributed by atoms with Gasteiger partial charge in [-0.2, -0.15) is 0 Å². The summed E-state index contributed by atoms with van der Waals surface area (Å²) in [5.74, 6) is 5.79. The molecule has 0 unspecified atom stereocenters. The highest BCUT2D eigenvalue weighted by Gasteiger charge is 2.02. The first kappa shape index (κ1) is 10.3. The summed E-state index contributed by atoms with van der Waals surface area (Å²) < 4.78 is 0. The zero-order valence-corrected chi connectivity index (χ0v) is 8.52. The predicted octanol–water partition coefficient (Wildman–Crippen LogP) is 1.83. The second kappa shape index (κ2) is 4.46. The third-order valence-electron chi connectivity index (χ3n) is 1.50. The number of hydrogen-bond acceptors (Lipinski definition) is 2. The molecule has 0 aliphatic heterocycles. The number of rotatable bonds is 1. The number of halogens is 2. The van der Waals surface area contributed by atoms with Gasteiger partial charge in [-0.05, 0) is 18.2 Å². The highest BCUT2D eigenvalue weighted by atomic mass is 35.5. The summed E-state index contributed by atoms with van der Waals surface area (Å²) in [5.41, 5.74) is 3.22.